The third kappa shape index (κ3) is 1.65. The molecule has 3 rings (SSSR count). The predicted molar refractivity (Wildman–Crippen MR) is 67.1 cm³/mol. The Morgan fingerprint density at radius 2 is 1.82 bits per heavy atom. The van der Waals surface area contributed by atoms with E-state index in [1.165, 1.54) is 6.92 Å². The maximum absolute atomic E-state index is 10.9. The summed E-state index contributed by atoms with van der Waals surface area (Å²) >= 11 is 0. The number of ether oxygens (including phenoxy) is 1. The molecule has 0 aliphatic rings. The van der Waals surface area contributed by atoms with Crippen molar-refractivity contribution in [3.8, 4) is 5.75 Å². The fourth-order valence-corrected chi connectivity index (χ4v) is 2.06. The van der Waals surface area contributed by atoms with Crippen LogP contribution in [0.4, 0.5) is 0 Å². The summed E-state index contributed by atoms with van der Waals surface area (Å²) in [6.07, 6.45) is 0. The Morgan fingerprint density at radius 1 is 1.06 bits per heavy atom. The van der Waals surface area contributed by atoms with Gasteiger partial charge in [0.05, 0.1) is 0 Å². The number of fused-ring (bicyclic) bond motifs is 3. The summed E-state index contributed by atoms with van der Waals surface area (Å²) in [5.74, 6) is 0.277. The molecule has 1 heterocycles. The zero-order chi connectivity index (χ0) is 11.8. The third-order valence-corrected chi connectivity index (χ3v) is 2.74. The first-order valence-electron chi connectivity index (χ1n) is 5.43. The lowest BCUT2D eigenvalue weighted by molar-refractivity contribution is -0.131. The van der Waals surface area contributed by atoms with Crippen LogP contribution in [0, 0.1) is 0 Å². The summed E-state index contributed by atoms with van der Waals surface area (Å²) in [5.41, 5.74) is 2.13. The van der Waals surface area contributed by atoms with Crippen molar-refractivity contribution in [1.82, 2.24) is 4.98 Å². The van der Waals surface area contributed by atoms with Gasteiger partial charge < -0.3 is 9.72 Å². The Kier molecular flexibility index (Phi) is 2.11. The molecule has 84 valence electrons. The van der Waals surface area contributed by atoms with E-state index in [2.05, 4.69) is 4.98 Å². The van der Waals surface area contributed by atoms with E-state index in [1.54, 1.807) is 6.07 Å². The third-order valence-electron chi connectivity index (χ3n) is 2.74. The molecule has 0 saturated heterocycles. The van der Waals surface area contributed by atoms with Crippen molar-refractivity contribution in [3.05, 3.63) is 42.5 Å². The number of hydrogen-bond donors (Lipinski definition) is 1. The van der Waals surface area contributed by atoms with Crippen molar-refractivity contribution in [1.29, 1.82) is 0 Å². The number of benzene rings is 2. The summed E-state index contributed by atoms with van der Waals surface area (Å²) in [4.78, 5) is 14.2. The molecule has 0 amide bonds. The van der Waals surface area contributed by atoms with Crippen LogP contribution < -0.4 is 4.74 Å². The largest absolute Gasteiger partial charge is 0.427 e. The van der Waals surface area contributed by atoms with Gasteiger partial charge in [0, 0.05) is 28.7 Å². The van der Waals surface area contributed by atoms with Gasteiger partial charge in [0.25, 0.3) is 0 Å². The fourth-order valence-electron chi connectivity index (χ4n) is 2.06. The Labute approximate surface area is 98.0 Å². The molecule has 0 bridgehead atoms. The lowest BCUT2D eigenvalue weighted by atomic mass is 10.1. The Morgan fingerprint density at radius 3 is 2.65 bits per heavy atom. The highest BCUT2D eigenvalue weighted by Crippen LogP contribution is 2.28. The lowest BCUT2D eigenvalue weighted by Crippen LogP contribution is -2.00. The molecule has 2 aromatic carbocycles. The molecule has 3 nitrogen and oxygen atoms in total. The first kappa shape index (κ1) is 9.90. The van der Waals surface area contributed by atoms with Gasteiger partial charge in [-0.15, -0.1) is 0 Å². The van der Waals surface area contributed by atoms with E-state index in [1.807, 2.05) is 36.4 Å². The molecule has 3 aromatic rings. The maximum Gasteiger partial charge on any atom is 0.308 e. The van der Waals surface area contributed by atoms with Crippen LogP contribution in [0.15, 0.2) is 42.5 Å². The highest BCUT2D eigenvalue weighted by molar-refractivity contribution is 6.07. The van der Waals surface area contributed by atoms with Gasteiger partial charge in [-0.3, -0.25) is 4.79 Å². The van der Waals surface area contributed by atoms with Gasteiger partial charge in [0.2, 0.25) is 0 Å². The first-order chi connectivity index (χ1) is 8.24. The summed E-state index contributed by atoms with van der Waals surface area (Å²) in [6.45, 7) is 1.40. The number of para-hydroxylation sites is 1. The van der Waals surface area contributed by atoms with Crippen molar-refractivity contribution < 1.29 is 9.53 Å². The molecule has 17 heavy (non-hydrogen) atoms. The van der Waals surface area contributed by atoms with Crippen LogP contribution >= 0.6 is 0 Å². The molecule has 0 unspecified atom stereocenters. The van der Waals surface area contributed by atoms with Gasteiger partial charge in [0.15, 0.2) is 0 Å². The van der Waals surface area contributed by atoms with E-state index in [4.69, 9.17) is 4.74 Å². The van der Waals surface area contributed by atoms with E-state index >= 15 is 0 Å². The normalized spacial score (nSPS) is 10.9. The van der Waals surface area contributed by atoms with Gasteiger partial charge >= 0.3 is 5.97 Å². The number of H-pyrrole nitrogens is 1. The van der Waals surface area contributed by atoms with E-state index in [0.29, 0.717) is 5.75 Å². The van der Waals surface area contributed by atoms with Gasteiger partial charge in [0.1, 0.15) is 5.75 Å². The van der Waals surface area contributed by atoms with E-state index in [9.17, 15) is 4.79 Å². The van der Waals surface area contributed by atoms with Crippen LogP contribution in [0.25, 0.3) is 21.8 Å². The fraction of sp³-hybridized carbons (Fsp3) is 0.0714. The lowest BCUT2D eigenvalue weighted by Gasteiger charge is -2.00. The minimum atomic E-state index is -0.302. The molecule has 0 atom stereocenters. The number of aromatic nitrogens is 1. The minimum absolute atomic E-state index is 0.302. The zero-order valence-electron chi connectivity index (χ0n) is 9.36. The standard InChI is InChI=1S/C14H11NO2/c1-9(16)17-10-6-7-14-12(8-10)11-4-2-3-5-13(11)15-14/h2-8,15H,1H3. The van der Waals surface area contributed by atoms with E-state index in [0.717, 1.165) is 21.8 Å². The highest BCUT2D eigenvalue weighted by atomic mass is 16.5. The van der Waals surface area contributed by atoms with Crippen molar-refractivity contribution >= 4 is 27.8 Å². The molecule has 0 aliphatic heterocycles. The van der Waals surface area contributed by atoms with Crippen LogP contribution in [0.5, 0.6) is 5.75 Å². The number of nitrogens with one attached hydrogen (secondary N) is 1. The highest BCUT2D eigenvalue weighted by Gasteiger charge is 2.05. The van der Waals surface area contributed by atoms with Crippen molar-refractivity contribution in [2.45, 2.75) is 6.92 Å². The van der Waals surface area contributed by atoms with Crippen molar-refractivity contribution in [2.75, 3.05) is 0 Å². The monoisotopic (exact) mass is 225 g/mol. The average molecular weight is 225 g/mol. The van der Waals surface area contributed by atoms with Gasteiger partial charge in [-0.05, 0) is 24.3 Å². The minimum Gasteiger partial charge on any atom is -0.427 e. The first-order valence-corrected chi connectivity index (χ1v) is 5.43. The number of esters is 1. The number of carbonyl (C=O) groups is 1. The molecule has 1 aromatic heterocycles. The second-order valence-corrected chi connectivity index (χ2v) is 3.97. The molecular formula is C14H11NO2. The molecule has 0 radical (unpaired) electrons. The van der Waals surface area contributed by atoms with Crippen LogP contribution in [-0.4, -0.2) is 11.0 Å². The van der Waals surface area contributed by atoms with E-state index < -0.39 is 0 Å². The second-order valence-electron chi connectivity index (χ2n) is 3.97. The van der Waals surface area contributed by atoms with Crippen LogP contribution in [-0.2, 0) is 4.79 Å². The SMILES string of the molecule is CC(=O)Oc1ccc2[nH]c3ccccc3c2c1. The number of aromatic amines is 1. The topological polar surface area (TPSA) is 42.1 Å². The quantitative estimate of drug-likeness (QED) is 0.510. The summed E-state index contributed by atoms with van der Waals surface area (Å²) in [7, 11) is 0. The average Bonchev–Trinajstić information content (AvgIpc) is 2.66. The predicted octanol–water partition coefficient (Wildman–Crippen LogP) is 3.25. The molecule has 0 aliphatic carbocycles. The summed E-state index contributed by atoms with van der Waals surface area (Å²) in [6, 6.07) is 13.7. The molecular weight excluding hydrogens is 214 g/mol. The number of hydrogen-bond acceptors (Lipinski definition) is 2. The molecule has 0 spiro atoms. The summed E-state index contributed by atoms with van der Waals surface area (Å²) in [5, 5.41) is 2.20. The Hall–Kier alpha value is -2.29. The second kappa shape index (κ2) is 3.63. The van der Waals surface area contributed by atoms with Gasteiger partial charge in [-0.25, -0.2) is 0 Å². The Bertz CT molecular complexity index is 712. The van der Waals surface area contributed by atoms with Crippen LogP contribution in [0.3, 0.4) is 0 Å². The van der Waals surface area contributed by atoms with Crippen molar-refractivity contribution in [3.63, 3.8) is 0 Å². The van der Waals surface area contributed by atoms with E-state index in [-0.39, 0.29) is 5.97 Å². The summed E-state index contributed by atoms with van der Waals surface area (Å²) < 4.78 is 5.09. The van der Waals surface area contributed by atoms with Crippen LogP contribution in [0.2, 0.25) is 0 Å². The zero-order valence-corrected chi connectivity index (χ0v) is 9.36. The smallest absolute Gasteiger partial charge is 0.308 e. The molecule has 1 N–H and O–H groups in total. The van der Waals surface area contributed by atoms with Gasteiger partial charge in [-0.1, -0.05) is 18.2 Å². The number of rotatable bonds is 1. The molecule has 3 heteroatoms. The van der Waals surface area contributed by atoms with Crippen molar-refractivity contribution in [2.24, 2.45) is 0 Å². The molecule has 0 fully saturated rings. The molecule has 0 saturated carbocycles. The maximum atomic E-state index is 10.9. The number of carbonyl (C=O) groups excluding carboxylic acids is 1. The Balaban J connectivity index is 2.26. The van der Waals surface area contributed by atoms with Gasteiger partial charge in [-0.2, -0.15) is 0 Å². The van der Waals surface area contributed by atoms with Crippen LogP contribution in [0.1, 0.15) is 6.92 Å².